The standard InChI is InChI=1S/C29H28O4S.C26H22O5S2.C21H18O3.C14H14O3S/c1-21-5-17-27(18-6-21)34(30,31)28-19-15-26(16-20-28)33-25-13-9-23(10-14-25)29(2,3)22-7-11-24(32-4)12-8-22;1-19-3-9-22(10-4-19)31-23-11-17-26(18-12-23)33(29,30)25-15-7-21(8-16-25)20-5-13-24(14-6-20)32(2,27)28;1-15-3-9-19(10-4-15)24-20-13-7-17(8-14-20)21(22)16-5-11-18(23-2)12-6-16;1-11-3-7-13(8-4-11)18(15,16)14-9-5-12(17-2)6-10-14/h5-20H,1-4H3;3-18H,1-2H3;3-14H,1-2H3;3-10H,1-2H3. The van der Waals surface area contributed by atoms with Crippen LogP contribution in [0.5, 0.6) is 51.7 Å². The van der Waals surface area contributed by atoms with E-state index in [4.69, 9.17) is 28.4 Å². The zero-order chi connectivity index (χ0) is 78.1. The number of rotatable bonds is 21. The highest BCUT2D eigenvalue weighted by molar-refractivity contribution is 7.92. The molecule has 0 bridgehead atoms. The minimum atomic E-state index is -3.69. The Kier molecular flexibility index (Phi) is 25.8. The van der Waals surface area contributed by atoms with E-state index in [0.29, 0.717) is 50.5 Å². The van der Waals surface area contributed by atoms with Gasteiger partial charge < -0.3 is 28.4 Å². The Morgan fingerprint density at radius 2 is 0.431 bits per heavy atom. The van der Waals surface area contributed by atoms with E-state index in [1.165, 1.54) is 35.4 Å². The summed E-state index contributed by atoms with van der Waals surface area (Å²) in [5.74, 6) is 6.13. The number of ether oxygens (including phenoxy) is 6. The fourth-order valence-electron chi connectivity index (χ4n) is 11.0. The largest absolute Gasteiger partial charge is 0.497 e. The van der Waals surface area contributed by atoms with Crippen LogP contribution in [0.15, 0.2) is 350 Å². The monoisotopic (exact) mass is 1530 g/mol. The maximum atomic E-state index is 13.0. The number of benzene rings is 13. The molecule has 0 amide bonds. The lowest BCUT2D eigenvalue weighted by Crippen LogP contribution is -2.18. The Morgan fingerprint density at radius 3 is 0.688 bits per heavy atom. The van der Waals surface area contributed by atoms with Crippen LogP contribution in [0.3, 0.4) is 0 Å². The summed E-state index contributed by atoms with van der Waals surface area (Å²) in [6.45, 7) is 12.2. The molecule has 0 heterocycles. The van der Waals surface area contributed by atoms with Crippen LogP contribution in [0.4, 0.5) is 0 Å². The Bertz CT molecular complexity index is 5670. The maximum absolute atomic E-state index is 13.0. The van der Waals surface area contributed by atoms with E-state index in [0.717, 1.165) is 56.9 Å². The van der Waals surface area contributed by atoms with Crippen molar-refractivity contribution in [3.8, 4) is 62.9 Å². The average Bonchev–Trinajstić information content (AvgIpc) is 0.817. The van der Waals surface area contributed by atoms with Crippen LogP contribution < -0.4 is 28.4 Å². The summed E-state index contributed by atoms with van der Waals surface area (Å²) in [6.07, 6.45) is 1.16. The lowest BCUT2D eigenvalue weighted by Gasteiger charge is -2.26. The summed E-state index contributed by atoms with van der Waals surface area (Å²) in [7, 11) is -9.15. The highest BCUT2D eigenvalue weighted by Crippen LogP contribution is 2.36. The van der Waals surface area contributed by atoms with E-state index in [1.54, 1.807) is 215 Å². The molecule has 556 valence electrons. The van der Waals surface area contributed by atoms with Gasteiger partial charge in [-0.1, -0.05) is 133 Å². The van der Waals surface area contributed by atoms with Gasteiger partial charge in [0.2, 0.25) is 29.5 Å². The second kappa shape index (κ2) is 35.2. The summed E-state index contributed by atoms with van der Waals surface area (Å²) in [5, 5.41) is 0. The highest BCUT2D eigenvalue weighted by Gasteiger charge is 2.25. The number of hydrogen-bond donors (Lipinski definition) is 0. The predicted molar refractivity (Wildman–Crippen MR) is 427 cm³/mol. The lowest BCUT2D eigenvalue weighted by atomic mass is 9.78. The number of methoxy groups -OCH3 is 3. The number of hydrogen-bond acceptors (Lipinski definition) is 15. The molecule has 0 fully saturated rings. The lowest BCUT2D eigenvalue weighted by molar-refractivity contribution is 0.103. The SMILES string of the molecule is COc1ccc(C(=O)c2ccc(Oc3ccc(C)cc3)cc2)cc1.COc1ccc(C(C)(C)c2ccc(Oc3ccc(S(=O)(=O)c4ccc(C)cc4)cc3)cc2)cc1.COc1ccc(S(=O)(=O)c2ccc(C)cc2)cc1.Cc1ccc(Oc2ccc(S(=O)(=O)c3ccc(-c4ccc(S(C)(=O)=O)cc4)cc3)cc2)cc1. The van der Waals surface area contributed by atoms with Crippen molar-refractivity contribution in [1.29, 1.82) is 0 Å². The van der Waals surface area contributed by atoms with E-state index in [-0.39, 0.29) is 40.6 Å². The molecule has 0 saturated carbocycles. The van der Waals surface area contributed by atoms with Crippen LogP contribution in [-0.2, 0) is 44.8 Å². The molecule has 0 aliphatic rings. The van der Waals surface area contributed by atoms with Gasteiger partial charge in [0.05, 0.1) is 55.6 Å². The molecule has 13 aromatic rings. The number of aryl methyl sites for hydroxylation is 4. The molecule has 0 radical (unpaired) electrons. The van der Waals surface area contributed by atoms with Crippen LogP contribution >= 0.6 is 0 Å². The van der Waals surface area contributed by atoms with Gasteiger partial charge in [0.25, 0.3) is 0 Å². The molecule has 109 heavy (non-hydrogen) atoms. The summed E-state index contributed by atoms with van der Waals surface area (Å²) >= 11 is 0. The molecule has 0 spiro atoms. The third kappa shape index (κ3) is 20.8. The maximum Gasteiger partial charge on any atom is 0.206 e. The Hall–Kier alpha value is -11.9. The number of sulfone groups is 4. The van der Waals surface area contributed by atoms with E-state index in [9.17, 15) is 38.5 Å². The van der Waals surface area contributed by atoms with Crippen LogP contribution in [0.25, 0.3) is 11.1 Å². The summed E-state index contributed by atoms with van der Waals surface area (Å²) in [5.41, 5.74) is 9.35. The fourth-order valence-corrected chi connectivity index (χ4v) is 15.4. The van der Waals surface area contributed by atoms with Crippen LogP contribution in [0.1, 0.15) is 63.1 Å². The van der Waals surface area contributed by atoms with Gasteiger partial charge in [-0.3, -0.25) is 4.79 Å². The van der Waals surface area contributed by atoms with Gasteiger partial charge in [0.1, 0.15) is 51.7 Å². The molecular formula is C90H82O15S4. The third-order valence-corrected chi connectivity index (χ3v) is 24.2. The Labute approximate surface area is 639 Å². The van der Waals surface area contributed by atoms with Crippen LogP contribution in [0.2, 0.25) is 0 Å². The van der Waals surface area contributed by atoms with Crippen molar-refractivity contribution >= 4 is 45.1 Å². The molecule has 13 rings (SSSR count). The number of carbonyl (C=O) groups excluding carboxylic acids is 1. The van der Waals surface area contributed by atoms with Crippen LogP contribution in [-0.4, -0.2) is 67.0 Å². The molecule has 19 heteroatoms. The van der Waals surface area contributed by atoms with Gasteiger partial charge in [-0.25, -0.2) is 33.7 Å². The molecule has 0 atom stereocenters. The second-order valence-electron chi connectivity index (χ2n) is 26.0. The van der Waals surface area contributed by atoms with Crippen molar-refractivity contribution in [3.05, 3.63) is 360 Å². The first-order chi connectivity index (χ1) is 52.0. The highest BCUT2D eigenvalue weighted by atomic mass is 32.2. The first kappa shape index (κ1) is 79.7. The predicted octanol–water partition coefficient (Wildman–Crippen LogP) is 20.5. The zero-order valence-corrected chi connectivity index (χ0v) is 65.0. The molecule has 0 unspecified atom stereocenters. The van der Waals surface area contributed by atoms with Crippen molar-refractivity contribution < 1.29 is 66.9 Å². The quantitative estimate of drug-likeness (QED) is 0.0613. The van der Waals surface area contributed by atoms with Gasteiger partial charge in [0, 0.05) is 22.8 Å². The second-order valence-corrected chi connectivity index (χ2v) is 33.8. The van der Waals surface area contributed by atoms with Gasteiger partial charge in [-0.05, 0) is 268 Å². The van der Waals surface area contributed by atoms with Crippen molar-refractivity contribution in [2.24, 2.45) is 0 Å². The molecule has 0 aliphatic heterocycles. The third-order valence-electron chi connectivity index (χ3n) is 17.7. The first-order valence-electron chi connectivity index (χ1n) is 34.4. The fraction of sp³-hybridized carbons (Fsp3) is 0.122. The minimum Gasteiger partial charge on any atom is -0.497 e. The molecule has 0 saturated heterocycles. The van der Waals surface area contributed by atoms with Gasteiger partial charge in [0.15, 0.2) is 15.6 Å². The molecular weight excluding hydrogens is 1450 g/mol. The average molecular weight is 1530 g/mol. The number of ketones is 1. The smallest absolute Gasteiger partial charge is 0.206 e. The van der Waals surface area contributed by atoms with Crippen molar-refractivity contribution in [2.45, 2.75) is 81.2 Å². The first-order valence-corrected chi connectivity index (χ1v) is 40.7. The molecule has 0 N–H and O–H groups in total. The van der Waals surface area contributed by atoms with E-state index in [1.807, 2.05) is 100 Å². The molecule has 13 aromatic carbocycles. The summed E-state index contributed by atoms with van der Waals surface area (Å²) in [4.78, 5) is 14.1. The summed E-state index contributed by atoms with van der Waals surface area (Å²) < 4.78 is 133. The van der Waals surface area contributed by atoms with Gasteiger partial charge in [-0.2, -0.15) is 0 Å². The summed E-state index contributed by atoms with van der Waals surface area (Å²) in [6, 6.07) is 91.6. The Balaban J connectivity index is 0.000000159. The van der Waals surface area contributed by atoms with Crippen molar-refractivity contribution in [2.75, 3.05) is 27.6 Å². The number of carbonyl (C=O) groups is 1. The zero-order valence-electron chi connectivity index (χ0n) is 61.8. The molecule has 15 nitrogen and oxygen atoms in total. The normalized spacial score (nSPS) is 11.4. The van der Waals surface area contributed by atoms with E-state index >= 15 is 0 Å². The van der Waals surface area contributed by atoms with Gasteiger partial charge >= 0.3 is 0 Å². The topological polar surface area (TPSA) is 209 Å². The molecule has 0 aromatic heterocycles. The van der Waals surface area contributed by atoms with Gasteiger partial charge in [-0.15, -0.1) is 0 Å². The minimum absolute atomic E-state index is 0.0282. The van der Waals surface area contributed by atoms with Crippen molar-refractivity contribution in [3.63, 3.8) is 0 Å². The van der Waals surface area contributed by atoms with Crippen molar-refractivity contribution in [1.82, 2.24) is 0 Å². The van der Waals surface area contributed by atoms with E-state index < -0.39 is 39.3 Å². The Morgan fingerprint density at radius 1 is 0.248 bits per heavy atom. The molecule has 0 aliphatic carbocycles. The van der Waals surface area contributed by atoms with Crippen LogP contribution in [0, 0.1) is 27.7 Å². The van der Waals surface area contributed by atoms with E-state index in [2.05, 4.69) is 38.1 Å².